The summed E-state index contributed by atoms with van der Waals surface area (Å²) in [6, 6.07) is 1.85. The summed E-state index contributed by atoms with van der Waals surface area (Å²) in [6.45, 7) is 12.1. The number of aromatic nitrogens is 2. The monoisotopic (exact) mass is 466 g/mol. The number of aryl methyl sites for hydroxylation is 1. The Kier molecular flexibility index (Phi) is 8.28. The van der Waals surface area contributed by atoms with E-state index < -0.39 is 0 Å². The van der Waals surface area contributed by atoms with Crippen LogP contribution in [0.15, 0.2) is 47.6 Å². The van der Waals surface area contributed by atoms with Crippen molar-refractivity contribution >= 4 is 23.8 Å². The molecule has 7 nitrogen and oxygen atoms in total. The van der Waals surface area contributed by atoms with Crippen LogP contribution in [-0.2, 0) is 16.6 Å². The number of allylic oxidation sites excluding steroid dienone is 4. The molecule has 184 valence electrons. The van der Waals surface area contributed by atoms with E-state index in [1.807, 2.05) is 31.5 Å². The molecule has 3 rings (SSSR count). The van der Waals surface area contributed by atoms with Gasteiger partial charge in [0.25, 0.3) is 0 Å². The quantitative estimate of drug-likeness (QED) is 0.193. The van der Waals surface area contributed by atoms with Gasteiger partial charge in [0, 0.05) is 17.0 Å². The molecule has 2 saturated carbocycles. The molecule has 2 aliphatic carbocycles. The summed E-state index contributed by atoms with van der Waals surface area (Å²) in [6.07, 6.45) is 11.9. The predicted octanol–water partition coefficient (Wildman–Crippen LogP) is 4.55. The van der Waals surface area contributed by atoms with Gasteiger partial charge in [-0.3, -0.25) is 14.9 Å². The van der Waals surface area contributed by atoms with Crippen LogP contribution in [0, 0.1) is 11.8 Å². The highest BCUT2D eigenvalue weighted by Gasteiger charge is 2.33. The Hall–Kier alpha value is -2.96. The lowest BCUT2D eigenvalue weighted by Gasteiger charge is -2.33. The van der Waals surface area contributed by atoms with Gasteiger partial charge in [0.15, 0.2) is 6.29 Å². The number of rotatable bonds is 11. The molecule has 1 aromatic heterocycles. The van der Waals surface area contributed by atoms with Crippen LogP contribution < -0.4 is 20.5 Å². The Morgan fingerprint density at radius 1 is 1.24 bits per heavy atom. The van der Waals surface area contributed by atoms with Crippen LogP contribution in [0.2, 0.25) is 0 Å². The molecule has 3 N–H and O–H groups in total. The van der Waals surface area contributed by atoms with Crippen molar-refractivity contribution < 1.29 is 14.2 Å². The third kappa shape index (κ3) is 6.55. The maximum absolute atomic E-state index is 13.1. The van der Waals surface area contributed by atoms with Crippen LogP contribution in [0.3, 0.4) is 0 Å². The second-order valence-corrected chi connectivity index (χ2v) is 10.2. The fourth-order valence-corrected chi connectivity index (χ4v) is 4.56. The third-order valence-electron chi connectivity index (χ3n) is 7.13. The van der Waals surface area contributed by atoms with Crippen molar-refractivity contribution in [3.8, 4) is 0 Å². The minimum Gasteiger partial charge on any atom is -0.347 e. The van der Waals surface area contributed by atoms with E-state index in [0.717, 1.165) is 36.2 Å². The molecule has 2 fully saturated rings. The second kappa shape index (κ2) is 11.0. The van der Waals surface area contributed by atoms with Crippen molar-refractivity contribution in [2.24, 2.45) is 18.9 Å². The Morgan fingerprint density at radius 2 is 1.91 bits per heavy atom. The number of nitrogens with one attached hydrogen (secondary N) is 3. The van der Waals surface area contributed by atoms with Gasteiger partial charge < -0.3 is 10.6 Å². The minimum atomic E-state index is -0.249. The van der Waals surface area contributed by atoms with Crippen molar-refractivity contribution in [3.05, 3.63) is 47.6 Å². The topological polar surface area (TPSA) is 87.0 Å². The zero-order valence-electron chi connectivity index (χ0n) is 21.3. The van der Waals surface area contributed by atoms with Gasteiger partial charge in [-0.2, -0.15) is 0 Å². The maximum atomic E-state index is 13.1. The Balaban J connectivity index is 1.75. The molecule has 1 aromatic rings. The Morgan fingerprint density at radius 3 is 2.50 bits per heavy atom. The molecule has 7 heteroatoms. The third-order valence-corrected chi connectivity index (χ3v) is 7.13. The fraction of sp³-hybridized carbons (Fsp3) is 0.556. The first-order chi connectivity index (χ1) is 16.1. The van der Waals surface area contributed by atoms with Gasteiger partial charge in [0.05, 0.1) is 24.5 Å². The molecule has 34 heavy (non-hydrogen) atoms. The van der Waals surface area contributed by atoms with Crippen molar-refractivity contribution in [2.45, 2.75) is 78.2 Å². The molecule has 1 amide bonds. The van der Waals surface area contributed by atoms with Crippen LogP contribution in [-0.4, -0.2) is 22.7 Å². The zero-order valence-corrected chi connectivity index (χ0v) is 21.3. The van der Waals surface area contributed by atoms with Gasteiger partial charge in [0.2, 0.25) is 23.9 Å². The molecular formula is C27H40N5O2+. The van der Waals surface area contributed by atoms with Gasteiger partial charge in [-0.1, -0.05) is 31.3 Å². The second-order valence-electron chi connectivity index (χ2n) is 10.2. The average Bonchev–Trinajstić information content (AvgIpc) is 3.50. The van der Waals surface area contributed by atoms with Gasteiger partial charge in [0.1, 0.15) is 0 Å². The molecule has 1 heterocycles. The van der Waals surface area contributed by atoms with E-state index in [9.17, 15) is 9.59 Å². The van der Waals surface area contributed by atoms with E-state index in [1.165, 1.54) is 25.7 Å². The Bertz CT molecular complexity index is 998. The van der Waals surface area contributed by atoms with Crippen molar-refractivity contribution in [1.82, 2.24) is 10.3 Å². The summed E-state index contributed by atoms with van der Waals surface area (Å²) < 4.78 is 1.88. The van der Waals surface area contributed by atoms with Crippen molar-refractivity contribution in [2.75, 3.05) is 10.6 Å². The normalized spacial score (nSPS) is 17.7. The summed E-state index contributed by atoms with van der Waals surface area (Å²) in [7, 11) is 1.91. The van der Waals surface area contributed by atoms with Crippen molar-refractivity contribution in [3.63, 3.8) is 0 Å². The molecular weight excluding hydrogens is 426 g/mol. The van der Waals surface area contributed by atoms with E-state index >= 15 is 0 Å². The minimum absolute atomic E-state index is 0.0785. The summed E-state index contributed by atoms with van der Waals surface area (Å²) in [5, 5.41) is 9.68. The van der Waals surface area contributed by atoms with Crippen LogP contribution in [0.4, 0.5) is 11.6 Å². The highest BCUT2D eigenvalue weighted by atomic mass is 16.1. The van der Waals surface area contributed by atoms with E-state index in [2.05, 4.69) is 41.4 Å². The maximum Gasteiger partial charge on any atom is 0.247 e. The zero-order chi connectivity index (χ0) is 24.9. The first-order valence-electron chi connectivity index (χ1n) is 12.4. The lowest BCUT2D eigenvalue weighted by Crippen LogP contribution is -2.48. The first-order valence-corrected chi connectivity index (χ1v) is 12.4. The number of hydrogen-bond acceptors (Lipinski definition) is 5. The van der Waals surface area contributed by atoms with Gasteiger partial charge in [-0.25, -0.2) is 4.57 Å². The Labute approximate surface area is 203 Å². The molecule has 0 atom stereocenters. The number of nitrogens with zero attached hydrogens (tertiary/aromatic N) is 2. The van der Waals surface area contributed by atoms with Gasteiger partial charge >= 0.3 is 0 Å². The number of carbonyl (C=O) groups is 2. The number of hydrogen-bond donors (Lipinski definition) is 3. The molecule has 0 bridgehead atoms. The summed E-state index contributed by atoms with van der Waals surface area (Å²) in [5.41, 5.74) is 2.55. The highest BCUT2D eigenvalue weighted by molar-refractivity contribution is 5.95. The molecule has 0 radical (unpaired) electrons. The van der Waals surface area contributed by atoms with Crippen LogP contribution in [0.1, 0.15) is 72.6 Å². The van der Waals surface area contributed by atoms with E-state index in [1.54, 1.807) is 12.4 Å². The average molecular weight is 467 g/mol. The van der Waals surface area contributed by atoms with E-state index in [4.69, 9.17) is 0 Å². The van der Waals surface area contributed by atoms with Crippen LogP contribution >= 0.6 is 0 Å². The standard InChI is InChI=1S/C27H39N5O2/c1-7-20(18(2)26(34)31-27(4,5)22-10-8-9-11-22)14-23(16-33)30-24-15-25(32(6)17-28-24)29-19(3)21-12-13-21/h14-17,21-22H,3,7-13H2,1-2,4-6H3,(H2,29,30,31,34)/p+1. The number of amides is 1. The van der Waals surface area contributed by atoms with Crippen LogP contribution in [0.25, 0.3) is 0 Å². The smallest absolute Gasteiger partial charge is 0.247 e. The molecule has 0 aliphatic heterocycles. The first kappa shape index (κ1) is 25.7. The predicted molar refractivity (Wildman–Crippen MR) is 136 cm³/mol. The lowest BCUT2D eigenvalue weighted by atomic mass is 9.85. The van der Waals surface area contributed by atoms with E-state index in [0.29, 0.717) is 35.3 Å². The highest BCUT2D eigenvalue weighted by Crippen LogP contribution is 2.35. The van der Waals surface area contributed by atoms with Crippen molar-refractivity contribution in [1.29, 1.82) is 0 Å². The molecule has 0 aromatic carbocycles. The molecule has 0 spiro atoms. The molecule has 2 aliphatic rings. The SMILES string of the molecule is C=C(Nc1cc(N/C(C=O)=C/C(CC)=C(\C)C(=O)NC(C)(C)C2CCCC2)nc[n+]1C)C1CC1. The number of anilines is 2. The van der Waals surface area contributed by atoms with Gasteiger partial charge in [-0.15, -0.1) is 0 Å². The lowest BCUT2D eigenvalue weighted by molar-refractivity contribution is -0.660. The number of carbonyl (C=O) groups excluding carboxylic acids is 2. The fourth-order valence-electron chi connectivity index (χ4n) is 4.56. The van der Waals surface area contributed by atoms with Crippen LogP contribution in [0.5, 0.6) is 0 Å². The summed E-state index contributed by atoms with van der Waals surface area (Å²) >= 11 is 0. The molecule has 0 unspecified atom stereocenters. The summed E-state index contributed by atoms with van der Waals surface area (Å²) in [4.78, 5) is 29.3. The summed E-state index contributed by atoms with van der Waals surface area (Å²) in [5.74, 6) is 2.34. The van der Waals surface area contributed by atoms with E-state index in [-0.39, 0.29) is 11.4 Å². The number of aldehydes is 1. The molecule has 0 saturated heterocycles. The largest absolute Gasteiger partial charge is 0.347 e. The van der Waals surface area contributed by atoms with Gasteiger partial charge in [-0.05, 0) is 70.4 Å².